The summed E-state index contributed by atoms with van der Waals surface area (Å²) in [6.45, 7) is 0.627. The van der Waals surface area contributed by atoms with Gasteiger partial charge in [0.25, 0.3) is 0 Å². The van der Waals surface area contributed by atoms with E-state index in [1.54, 1.807) is 0 Å². The number of aldehydes is 1. The minimum atomic E-state index is 0.627. The Morgan fingerprint density at radius 2 is 1.67 bits per heavy atom. The molecule has 0 aliphatic heterocycles. The summed E-state index contributed by atoms with van der Waals surface area (Å²) in [4.78, 5) is 10.5. The summed E-state index contributed by atoms with van der Waals surface area (Å²) in [6.07, 6.45) is 1.68. The second kappa shape index (κ2) is 6.36. The van der Waals surface area contributed by atoms with Crippen LogP contribution in [-0.4, -0.2) is 12.9 Å². The van der Waals surface area contributed by atoms with E-state index >= 15 is 0 Å². The van der Waals surface area contributed by atoms with Crippen LogP contribution in [0.2, 0.25) is 0 Å². The van der Waals surface area contributed by atoms with Gasteiger partial charge in [0.2, 0.25) is 0 Å². The van der Waals surface area contributed by atoms with E-state index in [0.29, 0.717) is 12.2 Å². The van der Waals surface area contributed by atoms with Crippen molar-refractivity contribution in [2.75, 3.05) is 6.61 Å². The zero-order valence-corrected chi connectivity index (χ0v) is 11.4. The molecule has 0 heterocycles. The third kappa shape index (κ3) is 3.70. The van der Waals surface area contributed by atoms with E-state index in [9.17, 15) is 4.79 Å². The Kier molecular flexibility index (Phi) is 4.53. The highest BCUT2D eigenvalue weighted by Crippen LogP contribution is 2.16. The van der Waals surface area contributed by atoms with Crippen LogP contribution in [0.25, 0.3) is 0 Å². The number of rotatable bonds is 5. The zero-order chi connectivity index (χ0) is 12.8. The maximum absolute atomic E-state index is 10.5. The second-order valence-corrected chi connectivity index (χ2v) is 4.83. The fraction of sp³-hybridized carbons (Fsp3) is 0.133. The first-order chi connectivity index (χ1) is 8.78. The number of hydrogen-bond acceptors (Lipinski definition) is 2. The van der Waals surface area contributed by atoms with Gasteiger partial charge in [0.15, 0.2) is 0 Å². The van der Waals surface area contributed by atoms with Crippen LogP contribution in [0.15, 0.2) is 53.0 Å². The van der Waals surface area contributed by atoms with Gasteiger partial charge in [-0.1, -0.05) is 40.2 Å². The van der Waals surface area contributed by atoms with Crippen molar-refractivity contribution in [3.8, 4) is 5.75 Å². The van der Waals surface area contributed by atoms with E-state index in [2.05, 4.69) is 15.9 Å². The molecule has 0 aromatic heterocycles. The Morgan fingerprint density at radius 3 is 2.28 bits per heavy atom. The lowest BCUT2D eigenvalue weighted by Crippen LogP contribution is -2.01. The number of benzene rings is 2. The number of carbonyl (C=O) groups excluding carboxylic acids is 1. The first kappa shape index (κ1) is 12.8. The van der Waals surface area contributed by atoms with Crippen molar-refractivity contribution in [2.45, 2.75) is 6.42 Å². The van der Waals surface area contributed by atoms with E-state index < -0.39 is 0 Å². The summed E-state index contributed by atoms with van der Waals surface area (Å²) in [7, 11) is 0. The Labute approximate surface area is 115 Å². The van der Waals surface area contributed by atoms with Crippen LogP contribution in [-0.2, 0) is 6.42 Å². The highest BCUT2D eigenvalue weighted by Gasteiger charge is 1.96. The molecule has 0 spiro atoms. The van der Waals surface area contributed by atoms with Gasteiger partial charge in [-0.15, -0.1) is 0 Å². The van der Waals surface area contributed by atoms with E-state index in [-0.39, 0.29) is 0 Å². The zero-order valence-electron chi connectivity index (χ0n) is 9.80. The van der Waals surface area contributed by atoms with Gasteiger partial charge in [-0.3, -0.25) is 4.79 Å². The van der Waals surface area contributed by atoms with Crippen LogP contribution >= 0.6 is 15.9 Å². The predicted molar refractivity (Wildman–Crippen MR) is 75.2 cm³/mol. The molecular formula is C15H13BrO2. The third-order valence-electron chi connectivity index (χ3n) is 2.59. The summed E-state index contributed by atoms with van der Waals surface area (Å²) in [5, 5.41) is 0. The molecule has 0 atom stereocenters. The molecule has 0 fully saturated rings. The molecule has 3 heteroatoms. The van der Waals surface area contributed by atoms with Crippen LogP contribution in [0.3, 0.4) is 0 Å². The Balaban J connectivity index is 1.84. The lowest BCUT2D eigenvalue weighted by atomic mass is 10.1. The highest BCUT2D eigenvalue weighted by atomic mass is 79.9. The van der Waals surface area contributed by atoms with Crippen LogP contribution in [0.1, 0.15) is 15.9 Å². The fourth-order valence-electron chi connectivity index (χ4n) is 1.58. The molecule has 0 amide bonds. The molecule has 92 valence electrons. The number of carbonyl (C=O) groups is 1. The lowest BCUT2D eigenvalue weighted by molar-refractivity contribution is 0.112. The van der Waals surface area contributed by atoms with Gasteiger partial charge < -0.3 is 4.74 Å². The first-order valence-corrected chi connectivity index (χ1v) is 6.50. The number of ether oxygens (including phenoxy) is 1. The molecule has 0 N–H and O–H groups in total. The average molecular weight is 305 g/mol. The standard InChI is InChI=1S/C15H13BrO2/c16-14-5-7-15(8-6-14)18-10-9-12-1-3-13(11-17)4-2-12/h1-8,11H,9-10H2. The number of halogens is 1. The van der Waals surface area contributed by atoms with Gasteiger partial charge in [0.05, 0.1) is 6.61 Å². The summed E-state index contributed by atoms with van der Waals surface area (Å²) in [5.74, 6) is 0.864. The molecule has 2 aromatic rings. The summed E-state index contributed by atoms with van der Waals surface area (Å²) >= 11 is 3.38. The minimum absolute atomic E-state index is 0.627. The Morgan fingerprint density at radius 1 is 1.00 bits per heavy atom. The SMILES string of the molecule is O=Cc1ccc(CCOc2ccc(Br)cc2)cc1. The van der Waals surface area contributed by atoms with Gasteiger partial charge in [-0.25, -0.2) is 0 Å². The van der Waals surface area contributed by atoms with E-state index in [0.717, 1.165) is 28.5 Å². The molecule has 0 radical (unpaired) electrons. The van der Waals surface area contributed by atoms with E-state index in [1.165, 1.54) is 0 Å². The van der Waals surface area contributed by atoms with Gasteiger partial charge in [0.1, 0.15) is 12.0 Å². The normalized spacial score (nSPS) is 10.1. The van der Waals surface area contributed by atoms with Crippen molar-refractivity contribution >= 4 is 22.2 Å². The van der Waals surface area contributed by atoms with E-state index in [1.807, 2.05) is 48.5 Å². The fourth-order valence-corrected chi connectivity index (χ4v) is 1.84. The molecule has 2 nitrogen and oxygen atoms in total. The van der Waals surface area contributed by atoms with Crippen LogP contribution < -0.4 is 4.74 Å². The van der Waals surface area contributed by atoms with Crippen molar-refractivity contribution in [2.24, 2.45) is 0 Å². The molecule has 0 saturated carbocycles. The van der Waals surface area contributed by atoms with Crippen LogP contribution in [0.4, 0.5) is 0 Å². The topological polar surface area (TPSA) is 26.3 Å². The molecule has 0 saturated heterocycles. The van der Waals surface area contributed by atoms with Gasteiger partial charge in [0, 0.05) is 16.5 Å². The molecule has 0 unspecified atom stereocenters. The van der Waals surface area contributed by atoms with Gasteiger partial charge in [-0.05, 0) is 29.8 Å². The Hall–Kier alpha value is -1.61. The molecule has 0 aliphatic rings. The molecule has 2 aromatic carbocycles. The summed E-state index contributed by atoms with van der Waals surface area (Å²) in [5.41, 5.74) is 1.87. The van der Waals surface area contributed by atoms with Crippen molar-refractivity contribution in [3.63, 3.8) is 0 Å². The molecule has 18 heavy (non-hydrogen) atoms. The van der Waals surface area contributed by atoms with Crippen molar-refractivity contribution < 1.29 is 9.53 Å². The maximum Gasteiger partial charge on any atom is 0.150 e. The molecule has 0 aliphatic carbocycles. The van der Waals surface area contributed by atoms with Gasteiger partial charge >= 0.3 is 0 Å². The first-order valence-electron chi connectivity index (χ1n) is 5.70. The average Bonchev–Trinajstić information content (AvgIpc) is 2.42. The molecular weight excluding hydrogens is 292 g/mol. The largest absolute Gasteiger partial charge is 0.493 e. The predicted octanol–water partition coefficient (Wildman–Crippen LogP) is 3.88. The summed E-state index contributed by atoms with van der Waals surface area (Å²) < 4.78 is 6.67. The van der Waals surface area contributed by atoms with Crippen LogP contribution in [0, 0.1) is 0 Å². The highest BCUT2D eigenvalue weighted by molar-refractivity contribution is 9.10. The molecule has 2 rings (SSSR count). The summed E-state index contributed by atoms with van der Waals surface area (Å²) in [6, 6.07) is 15.3. The molecule has 0 bridgehead atoms. The number of hydrogen-bond donors (Lipinski definition) is 0. The van der Waals surface area contributed by atoms with Crippen molar-refractivity contribution in [1.29, 1.82) is 0 Å². The van der Waals surface area contributed by atoms with Crippen LogP contribution in [0.5, 0.6) is 5.75 Å². The second-order valence-electron chi connectivity index (χ2n) is 3.91. The van der Waals surface area contributed by atoms with E-state index in [4.69, 9.17) is 4.74 Å². The minimum Gasteiger partial charge on any atom is -0.493 e. The third-order valence-corrected chi connectivity index (χ3v) is 3.12. The smallest absolute Gasteiger partial charge is 0.150 e. The van der Waals surface area contributed by atoms with Crippen molar-refractivity contribution in [1.82, 2.24) is 0 Å². The van der Waals surface area contributed by atoms with Gasteiger partial charge in [-0.2, -0.15) is 0 Å². The Bertz CT molecular complexity index is 503. The lowest BCUT2D eigenvalue weighted by Gasteiger charge is -2.06. The van der Waals surface area contributed by atoms with Crippen molar-refractivity contribution in [3.05, 3.63) is 64.1 Å². The quantitative estimate of drug-likeness (QED) is 0.784. The maximum atomic E-state index is 10.5. The monoisotopic (exact) mass is 304 g/mol.